The normalized spacial score (nSPS) is 11.1. The summed E-state index contributed by atoms with van der Waals surface area (Å²) in [6.07, 6.45) is 0.0886. The van der Waals surface area contributed by atoms with Crippen molar-refractivity contribution in [3.05, 3.63) is 40.9 Å². The van der Waals surface area contributed by atoms with E-state index in [1.807, 2.05) is 0 Å². The summed E-state index contributed by atoms with van der Waals surface area (Å²) in [5.41, 5.74) is 1.30. The summed E-state index contributed by atoms with van der Waals surface area (Å²) in [6, 6.07) is 5.93. The topological polar surface area (TPSA) is 131 Å². The molecule has 128 valence electrons. The van der Waals surface area contributed by atoms with Gasteiger partial charge in [0.2, 0.25) is 21.8 Å². The number of aromatic nitrogens is 1. The summed E-state index contributed by atoms with van der Waals surface area (Å²) in [4.78, 5) is 27.0. The van der Waals surface area contributed by atoms with Crippen molar-refractivity contribution in [3.8, 4) is 0 Å². The van der Waals surface area contributed by atoms with Crippen LogP contribution in [0.25, 0.3) is 0 Å². The number of carbonyl (C=O) groups is 2. The van der Waals surface area contributed by atoms with Crippen LogP contribution in [0.2, 0.25) is 0 Å². The van der Waals surface area contributed by atoms with Crippen LogP contribution in [0.5, 0.6) is 0 Å². The van der Waals surface area contributed by atoms with E-state index in [4.69, 9.17) is 5.14 Å². The first-order valence-electron chi connectivity index (χ1n) is 6.84. The van der Waals surface area contributed by atoms with Gasteiger partial charge >= 0.3 is 0 Å². The molecule has 0 aliphatic carbocycles. The Morgan fingerprint density at radius 3 is 2.50 bits per heavy atom. The van der Waals surface area contributed by atoms with Crippen molar-refractivity contribution in [2.45, 2.75) is 24.8 Å². The molecule has 2 rings (SSSR count). The Hall–Kier alpha value is -2.30. The minimum Gasteiger partial charge on any atom is -0.352 e. The van der Waals surface area contributed by atoms with Crippen molar-refractivity contribution in [1.82, 2.24) is 10.3 Å². The van der Waals surface area contributed by atoms with Gasteiger partial charge in [0, 0.05) is 18.8 Å². The predicted molar refractivity (Wildman–Crippen MR) is 89.8 cm³/mol. The third-order valence-electron chi connectivity index (χ3n) is 2.92. The van der Waals surface area contributed by atoms with Crippen LogP contribution in [0.3, 0.4) is 0 Å². The zero-order valence-corrected chi connectivity index (χ0v) is 14.4. The Kier molecular flexibility index (Phi) is 5.65. The standard InChI is InChI=1S/C14H16N4O4S2/c1-9(19)17-14-18-11(8-23-14)6-13(20)16-7-10-2-4-12(5-3-10)24(15,21)22/h2-5,8H,6-7H2,1H3,(H,16,20)(H2,15,21,22)(H,17,18,19). The van der Waals surface area contributed by atoms with Gasteiger partial charge in [-0.1, -0.05) is 12.1 Å². The Balaban J connectivity index is 1.87. The maximum absolute atomic E-state index is 11.9. The molecule has 24 heavy (non-hydrogen) atoms. The summed E-state index contributed by atoms with van der Waals surface area (Å²) in [6.45, 7) is 1.64. The molecular weight excluding hydrogens is 352 g/mol. The third-order valence-corrected chi connectivity index (χ3v) is 4.65. The number of nitrogens with two attached hydrogens (primary N) is 1. The van der Waals surface area contributed by atoms with Crippen molar-refractivity contribution in [2.24, 2.45) is 5.14 Å². The maximum Gasteiger partial charge on any atom is 0.238 e. The van der Waals surface area contributed by atoms with Crippen molar-refractivity contribution >= 4 is 38.3 Å². The highest BCUT2D eigenvalue weighted by atomic mass is 32.2. The number of carbonyl (C=O) groups excluding carboxylic acids is 2. The van der Waals surface area contributed by atoms with E-state index in [-0.39, 0.29) is 29.7 Å². The number of nitrogens with one attached hydrogen (secondary N) is 2. The molecule has 2 amide bonds. The molecule has 0 bridgehead atoms. The van der Waals surface area contributed by atoms with E-state index in [0.29, 0.717) is 10.8 Å². The van der Waals surface area contributed by atoms with Crippen molar-refractivity contribution in [2.75, 3.05) is 5.32 Å². The fraction of sp³-hybridized carbons (Fsp3) is 0.214. The molecule has 4 N–H and O–H groups in total. The molecule has 0 radical (unpaired) electrons. The number of nitrogens with zero attached hydrogens (tertiary/aromatic N) is 1. The highest BCUT2D eigenvalue weighted by Crippen LogP contribution is 2.15. The Morgan fingerprint density at radius 2 is 1.92 bits per heavy atom. The second-order valence-corrected chi connectivity index (χ2v) is 7.39. The molecule has 0 aliphatic rings. The molecule has 2 aromatic rings. The number of thiazole rings is 1. The van der Waals surface area contributed by atoms with Crippen LogP contribution in [0.4, 0.5) is 5.13 Å². The van der Waals surface area contributed by atoms with E-state index >= 15 is 0 Å². The van der Waals surface area contributed by atoms with Gasteiger partial charge in [0.25, 0.3) is 0 Å². The van der Waals surface area contributed by atoms with Crippen LogP contribution in [-0.4, -0.2) is 25.2 Å². The van der Waals surface area contributed by atoms with Gasteiger partial charge in [-0.15, -0.1) is 11.3 Å². The van der Waals surface area contributed by atoms with Crippen LogP contribution < -0.4 is 15.8 Å². The number of rotatable bonds is 6. The van der Waals surface area contributed by atoms with Crippen LogP contribution in [0.15, 0.2) is 34.5 Å². The molecule has 1 heterocycles. The molecule has 0 aliphatic heterocycles. The lowest BCUT2D eigenvalue weighted by molar-refractivity contribution is -0.120. The van der Waals surface area contributed by atoms with Crippen molar-refractivity contribution in [1.29, 1.82) is 0 Å². The maximum atomic E-state index is 11.9. The van der Waals surface area contributed by atoms with Crippen molar-refractivity contribution in [3.63, 3.8) is 0 Å². The molecule has 1 aromatic carbocycles. The van der Waals surface area contributed by atoms with E-state index in [0.717, 1.165) is 5.56 Å². The number of amides is 2. The molecule has 0 saturated carbocycles. The number of hydrogen-bond acceptors (Lipinski definition) is 6. The monoisotopic (exact) mass is 368 g/mol. The lowest BCUT2D eigenvalue weighted by Crippen LogP contribution is -2.24. The Morgan fingerprint density at radius 1 is 1.25 bits per heavy atom. The smallest absolute Gasteiger partial charge is 0.238 e. The highest BCUT2D eigenvalue weighted by Gasteiger charge is 2.10. The molecule has 8 nitrogen and oxygen atoms in total. The van der Waals surface area contributed by atoms with Gasteiger partial charge in [-0.25, -0.2) is 18.5 Å². The van der Waals surface area contributed by atoms with Gasteiger partial charge in [0.1, 0.15) is 0 Å². The Bertz CT molecular complexity index is 844. The summed E-state index contributed by atoms with van der Waals surface area (Å²) < 4.78 is 22.3. The van der Waals surface area contributed by atoms with Gasteiger partial charge in [-0.05, 0) is 17.7 Å². The van der Waals surface area contributed by atoms with E-state index < -0.39 is 10.0 Å². The van der Waals surface area contributed by atoms with Crippen LogP contribution in [0.1, 0.15) is 18.2 Å². The zero-order valence-electron chi connectivity index (χ0n) is 12.8. The van der Waals surface area contributed by atoms with Gasteiger partial charge < -0.3 is 10.6 Å². The fourth-order valence-corrected chi connectivity index (χ4v) is 3.09. The zero-order chi connectivity index (χ0) is 17.7. The molecule has 1 aromatic heterocycles. The lowest BCUT2D eigenvalue weighted by Gasteiger charge is -2.05. The first kappa shape index (κ1) is 18.0. The first-order chi connectivity index (χ1) is 11.2. The Labute approximate surface area is 143 Å². The molecule has 0 fully saturated rings. The fourth-order valence-electron chi connectivity index (χ4n) is 1.82. The van der Waals surface area contributed by atoms with Crippen LogP contribution >= 0.6 is 11.3 Å². The van der Waals surface area contributed by atoms with Gasteiger partial charge in [-0.2, -0.15) is 0 Å². The van der Waals surface area contributed by atoms with Gasteiger partial charge in [-0.3, -0.25) is 9.59 Å². The molecule has 0 spiro atoms. The van der Waals surface area contributed by atoms with Gasteiger partial charge in [0.05, 0.1) is 17.0 Å². The largest absolute Gasteiger partial charge is 0.352 e. The van der Waals surface area contributed by atoms with E-state index in [2.05, 4.69) is 15.6 Å². The lowest BCUT2D eigenvalue weighted by atomic mass is 10.2. The minimum atomic E-state index is -3.72. The average molecular weight is 368 g/mol. The average Bonchev–Trinajstić information content (AvgIpc) is 2.91. The SMILES string of the molecule is CC(=O)Nc1nc(CC(=O)NCc2ccc(S(N)(=O)=O)cc2)cs1. The second-order valence-electron chi connectivity index (χ2n) is 4.97. The summed E-state index contributed by atoms with van der Waals surface area (Å²) in [5.74, 6) is -0.450. The molecule has 0 unspecified atom stereocenters. The van der Waals surface area contributed by atoms with Crippen LogP contribution in [-0.2, 0) is 32.6 Å². The number of sulfonamides is 1. The first-order valence-corrected chi connectivity index (χ1v) is 9.27. The van der Waals surface area contributed by atoms with E-state index in [1.54, 1.807) is 17.5 Å². The highest BCUT2D eigenvalue weighted by molar-refractivity contribution is 7.89. The van der Waals surface area contributed by atoms with E-state index in [9.17, 15) is 18.0 Å². The van der Waals surface area contributed by atoms with E-state index in [1.165, 1.54) is 30.4 Å². The number of hydrogen-bond donors (Lipinski definition) is 3. The van der Waals surface area contributed by atoms with Gasteiger partial charge in [0.15, 0.2) is 5.13 Å². The number of benzene rings is 1. The third kappa shape index (κ3) is 5.41. The number of primary sulfonamides is 1. The van der Waals surface area contributed by atoms with Crippen molar-refractivity contribution < 1.29 is 18.0 Å². The predicted octanol–water partition coefficient (Wildman–Crippen LogP) is 0.608. The minimum absolute atomic E-state index is 0.0190. The molecular formula is C14H16N4O4S2. The number of anilines is 1. The quantitative estimate of drug-likeness (QED) is 0.687. The molecule has 0 atom stereocenters. The summed E-state index contributed by atoms with van der Waals surface area (Å²) in [7, 11) is -3.72. The summed E-state index contributed by atoms with van der Waals surface area (Å²) in [5, 5.41) is 12.4. The summed E-state index contributed by atoms with van der Waals surface area (Å²) >= 11 is 1.25. The second kappa shape index (κ2) is 7.51. The molecule has 10 heteroatoms. The molecule has 0 saturated heterocycles. The van der Waals surface area contributed by atoms with Crippen LogP contribution in [0, 0.1) is 0 Å².